The third kappa shape index (κ3) is 13.0. The van der Waals surface area contributed by atoms with Crippen LogP contribution in [0.3, 0.4) is 0 Å². The summed E-state index contributed by atoms with van der Waals surface area (Å²) in [7, 11) is -19.7. The van der Waals surface area contributed by atoms with Crippen LogP contribution in [0.4, 0.5) is 0 Å². The Bertz CT molecular complexity index is 730. The first-order valence-corrected chi connectivity index (χ1v) is 18.1. The van der Waals surface area contributed by atoms with Crippen molar-refractivity contribution in [3.05, 3.63) is 0 Å². The molecule has 0 spiro atoms. The van der Waals surface area contributed by atoms with E-state index in [2.05, 4.69) is 0 Å². The van der Waals surface area contributed by atoms with Crippen LogP contribution in [0.25, 0.3) is 0 Å². The molecule has 36 heavy (non-hydrogen) atoms. The van der Waals surface area contributed by atoms with Crippen LogP contribution in [0.5, 0.6) is 0 Å². The van der Waals surface area contributed by atoms with Crippen LogP contribution in [0.1, 0.15) is 39.5 Å². The van der Waals surface area contributed by atoms with Gasteiger partial charge in [-0.2, -0.15) is 0 Å². The highest BCUT2D eigenvalue weighted by atomic mass is 31.2. The fourth-order valence-electron chi connectivity index (χ4n) is 3.48. The first kappa shape index (κ1) is 34.5. The number of phosphoric acid groups is 2. The number of rotatable bonds is 16. The van der Waals surface area contributed by atoms with Crippen molar-refractivity contribution in [3.63, 3.8) is 0 Å². The second kappa shape index (κ2) is 14.2. The lowest BCUT2D eigenvalue weighted by atomic mass is 9.84. The SMILES string of the molecule is CCCCO[C@@H]1[C@H](OP(C)(=O)O)[C@@H](OP(C)(=O)O)[C@H](OCCCC)[C@@H](OP(=O)(O)O)[C@@H]1OP(=O)(O)O. The average Bonchev–Trinajstić information content (AvgIpc) is 2.65. The van der Waals surface area contributed by atoms with E-state index in [1.165, 1.54) is 0 Å². The van der Waals surface area contributed by atoms with Crippen LogP contribution in [0, 0.1) is 0 Å². The second-order valence-electron chi connectivity index (χ2n) is 8.25. The third-order valence-electron chi connectivity index (χ3n) is 4.71. The molecule has 1 aliphatic rings. The fourth-order valence-corrected chi connectivity index (χ4v) is 5.97. The van der Waals surface area contributed by atoms with Crippen molar-refractivity contribution in [3.8, 4) is 0 Å². The van der Waals surface area contributed by atoms with E-state index in [1.54, 1.807) is 13.8 Å². The molecule has 0 aliphatic heterocycles. The summed E-state index contributed by atoms with van der Waals surface area (Å²) in [5, 5.41) is 0. The topological polar surface area (TPSA) is 245 Å². The van der Waals surface area contributed by atoms with E-state index in [1.807, 2.05) is 0 Å². The smallest absolute Gasteiger partial charge is 0.373 e. The molecule has 20 heteroatoms. The van der Waals surface area contributed by atoms with Gasteiger partial charge in [-0.05, 0) is 12.8 Å². The zero-order valence-electron chi connectivity index (χ0n) is 20.3. The fraction of sp³-hybridized carbons (Fsp3) is 1.00. The minimum Gasteiger partial charge on any atom is -0.373 e. The molecule has 216 valence electrons. The van der Waals surface area contributed by atoms with Gasteiger partial charge in [-0.1, -0.05) is 26.7 Å². The lowest BCUT2D eigenvalue weighted by molar-refractivity contribution is -0.229. The van der Waals surface area contributed by atoms with Crippen LogP contribution >= 0.6 is 30.8 Å². The lowest BCUT2D eigenvalue weighted by Crippen LogP contribution is -2.66. The number of hydrogen-bond donors (Lipinski definition) is 6. The van der Waals surface area contributed by atoms with E-state index < -0.39 is 67.5 Å². The molecule has 6 N–H and O–H groups in total. The van der Waals surface area contributed by atoms with Gasteiger partial charge >= 0.3 is 30.8 Å². The van der Waals surface area contributed by atoms with Gasteiger partial charge in [0.15, 0.2) is 0 Å². The summed E-state index contributed by atoms with van der Waals surface area (Å²) in [5.74, 6) is 0. The second-order valence-corrected chi connectivity index (χ2v) is 14.3. The van der Waals surface area contributed by atoms with Crippen LogP contribution in [-0.2, 0) is 45.8 Å². The minimum absolute atomic E-state index is 0.124. The largest absolute Gasteiger partial charge is 0.470 e. The summed E-state index contributed by atoms with van der Waals surface area (Å²) >= 11 is 0. The predicted octanol–water partition coefficient (Wildman–Crippen LogP) is 1.73. The Labute approximate surface area is 209 Å². The van der Waals surface area contributed by atoms with Gasteiger partial charge in [0, 0.05) is 26.5 Å². The van der Waals surface area contributed by atoms with E-state index in [0.29, 0.717) is 25.7 Å². The third-order valence-corrected chi connectivity index (χ3v) is 7.02. The number of phosphoric ester groups is 2. The Kier molecular flexibility index (Phi) is 13.6. The quantitative estimate of drug-likeness (QED) is 0.108. The highest BCUT2D eigenvalue weighted by Crippen LogP contribution is 2.53. The van der Waals surface area contributed by atoms with Gasteiger partial charge in [0.2, 0.25) is 0 Å². The summed E-state index contributed by atoms with van der Waals surface area (Å²) in [6.45, 7) is 4.89. The molecule has 0 amide bonds. The van der Waals surface area contributed by atoms with Crippen molar-refractivity contribution in [1.29, 1.82) is 0 Å². The van der Waals surface area contributed by atoms with E-state index in [4.69, 9.17) is 27.6 Å². The molecule has 0 aromatic rings. The number of ether oxygens (including phenoxy) is 2. The summed E-state index contributed by atoms with van der Waals surface area (Å²) < 4.78 is 79.4. The minimum atomic E-state index is -5.41. The molecular weight excluding hydrogens is 572 g/mol. The van der Waals surface area contributed by atoms with Gasteiger partial charge < -0.3 is 38.8 Å². The van der Waals surface area contributed by atoms with Crippen molar-refractivity contribution >= 4 is 30.8 Å². The normalized spacial score (nSPS) is 31.1. The Hall–Kier alpha value is 0.440. The standard InChI is InChI=1S/C16H36O16P4/c1-5-7-9-27-11-13(29-33(3,17)18)14(30-34(4,19)20)12(28-10-8-6-2)16(32-36(24,25)26)15(11)31-35(21,22)23/h11-16H,5-10H2,1-4H3,(H,17,18)(H,19,20)(H2,21,22,23)(H2,24,25,26)/t11-,12+,13-,14-,15+,16+/m0/s1. The number of unbranched alkanes of at least 4 members (excludes halogenated alkanes) is 2. The molecule has 0 aromatic heterocycles. The van der Waals surface area contributed by atoms with Crippen molar-refractivity contribution in [1.82, 2.24) is 0 Å². The Morgan fingerprint density at radius 3 is 1.03 bits per heavy atom. The highest BCUT2D eigenvalue weighted by molar-refractivity contribution is 7.52. The van der Waals surface area contributed by atoms with Crippen LogP contribution < -0.4 is 0 Å². The molecule has 1 fully saturated rings. The van der Waals surface area contributed by atoms with Crippen LogP contribution in [-0.4, -0.2) is 92.5 Å². The van der Waals surface area contributed by atoms with E-state index >= 15 is 0 Å². The molecule has 0 radical (unpaired) electrons. The van der Waals surface area contributed by atoms with Gasteiger partial charge in [0.05, 0.1) is 0 Å². The molecule has 0 heterocycles. The molecule has 0 bridgehead atoms. The maximum atomic E-state index is 12.2. The van der Waals surface area contributed by atoms with Crippen molar-refractivity contribution in [2.24, 2.45) is 0 Å². The van der Waals surface area contributed by atoms with Crippen LogP contribution in [0.15, 0.2) is 0 Å². The summed E-state index contributed by atoms with van der Waals surface area (Å²) in [6, 6.07) is 0. The zero-order chi connectivity index (χ0) is 27.9. The molecule has 16 nitrogen and oxygen atoms in total. The van der Waals surface area contributed by atoms with Gasteiger partial charge in [-0.15, -0.1) is 0 Å². The lowest BCUT2D eigenvalue weighted by Gasteiger charge is -2.49. The predicted molar refractivity (Wildman–Crippen MR) is 124 cm³/mol. The van der Waals surface area contributed by atoms with E-state index in [9.17, 15) is 47.6 Å². The molecule has 1 aliphatic carbocycles. The highest BCUT2D eigenvalue weighted by Gasteiger charge is 2.59. The average molecular weight is 608 g/mol. The van der Waals surface area contributed by atoms with Crippen molar-refractivity contribution in [2.75, 3.05) is 26.5 Å². The Morgan fingerprint density at radius 2 is 0.806 bits per heavy atom. The van der Waals surface area contributed by atoms with Crippen LogP contribution in [0.2, 0.25) is 0 Å². The summed E-state index contributed by atoms with van der Waals surface area (Å²) in [6.07, 6.45) is -9.37. The van der Waals surface area contributed by atoms with Gasteiger partial charge in [0.1, 0.15) is 36.6 Å². The first-order chi connectivity index (χ1) is 16.3. The van der Waals surface area contributed by atoms with Gasteiger partial charge in [-0.3, -0.25) is 27.2 Å². The molecule has 1 rings (SSSR count). The van der Waals surface area contributed by atoms with Gasteiger partial charge in [0.25, 0.3) is 0 Å². The zero-order valence-corrected chi connectivity index (χ0v) is 23.8. The summed E-state index contributed by atoms with van der Waals surface area (Å²) in [4.78, 5) is 58.0. The Morgan fingerprint density at radius 1 is 0.528 bits per heavy atom. The molecule has 1 saturated carbocycles. The monoisotopic (exact) mass is 608 g/mol. The van der Waals surface area contributed by atoms with E-state index in [-0.39, 0.29) is 13.2 Å². The van der Waals surface area contributed by atoms with Crippen molar-refractivity contribution in [2.45, 2.75) is 76.2 Å². The van der Waals surface area contributed by atoms with E-state index in [0.717, 1.165) is 13.3 Å². The molecule has 8 atom stereocenters. The molecule has 0 aromatic carbocycles. The maximum absolute atomic E-state index is 12.2. The van der Waals surface area contributed by atoms with Crippen molar-refractivity contribution < 1.29 is 75.2 Å². The maximum Gasteiger partial charge on any atom is 0.470 e. The Balaban J connectivity index is 3.80. The molecule has 0 saturated heterocycles. The first-order valence-electron chi connectivity index (χ1n) is 11.0. The van der Waals surface area contributed by atoms with Gasteiger partial charge in [-0.25, -0.2) is 9.13 Å². The number of hydrogen-bond acceptors (Lipinski definition) is 10. The molecular formula is C16H36O16P4. The summed E-state index contributed by atoms with van der Waals surface area (Å²) in [5.41, 5.74) is 0. The molecule has 2 unspecified atom stereocenters.